The molecule has 31 heavy (non-hydrogen) atoms. The van der Waals surface area contributed by atoms with Crippen molar-refractivity contribution in [1.29, 1.82) is 0 Å². The topological polar surface area (TPSA) is 127 Å². The molecule has 1 fully saturated rings. The van der Waals surface area contributed by atoms with E-state index in [1.807, 2.05) is 29.7 Å². The summed E-state index contributed by atoms with van der Waals surface area (Å²) in [6.07, 6.45) is 0. The lowest BCUT2D eigenvalue weighted by atomic mass is 10.2. The number of nitrogens with zero attached hydrogens (tertiary/aromatic N) is 5. The second kappa shape index (κ2) is 9.08. The third kappa shape index (κ3) is 4.97. The number of pyridine rings is 1. The van der Waals surface area contributed by atoms with Gasteiger partial charge in [-0.15, -0.1) is 0 Å². The van der Waals surface area contributed by atoms with Crippen molar-refractivity contribution >= 4 is 40.1 Å². The number of nitrogens with one attached hydrogen (secondary N) is 1. The van der Waals surface area contributed by atoms with E-state index in [9.17, 15) is 20.2 Å². The van der Waals surface area contributed by atoms with Crippen molar-refractivity contribution in [3.8, 4) is 5.88 Å². The monoisotopic (exact) mass is 446 g/mol. The second-order valence-corrected chi connectivity index (χ2v) is 7.46. The van der Waals surface area contributed by atoms with Crippen LogP contribution in [0.2, 0.25) is 0 Å². The van der Waals surface area contributed by atoms with Crippen molar-refractivity contribution in [2.24, 2.45) is 0 Å². The molecule has 2 aromatic rings. The maximum Gasteiger partial charge on any atom is 0.278 e. The number of nitro benzene ring substituents is 2. The fraction of sp³-hybridized carbons (Fsp3) is 0.368. The van der Waals surface area contributed by atoms with E-state index in [0.717, 1.165) is 17.3 Å². The van der Waals surface area contributed by atoms with Gasteiger partial charge in [-0.2, -0.15) is 0 Å². The Kier molecular flexibility index (Phi) is 6.49. The van der Waals surface area contributed by atoms with Crippen LogP contribution >= 0.6 is 12.2 Å². The second-order valence-electron chi connectivity index (χ2n) is 7.07. The quantitative estimate of drug-likeness (QED) is 0.416. The van der Waals surface area contributed by atoms with Gasteiger partial charge in [0.1, 0.15) is 5.69 Å². The van der Waals surface area contributed by atoms with Crippen molar-refractivity contribution in [3.05, 3.63) is 55.8 Å². The molecule has 3 rings (SSSR count). The molecule has 0 radical (unpaired) electrons. The minimum atomic E-state index is -0.628. The molecule has 1 aromatic heterocycles. The maximum absolute atomic E-state index is 11.1. The van der Waals surface area contributed by atoms with Crippen molar-refractivity contribution < 1.29 is 14.6 Å². The van der Waals surface area contributed by atoms with Crippen LogP contribution in [0, 0.1) is 34.1 Å². The predicted molar refractivity (Wildman–Crippen MR) is 120 cm³/mol. The van der Waals surface area contributed by atoms with Gasteiger partial charge in [0.15, 0.2) is 5.11 Å². The van der Waals surface area contributed by atoms with Gasteiger partial charge in [-0.1, -0.05) is 0 Å². The first kappa shape index (κ1) is 22.2. The highest BCUT2D eigenvalue weighted by Crippen LogP contribution is 2.29. The number of hydrogen-bond acceptors (Lipinski definition) is 8. The molecule has 0 bridgehead atoms. The molecule has 1 saturated heterocycles. The summed E-state index contributed by atoms with van der Waals surface area (Å²) in [6, 6.07) is 5.59. The number of methoxy groups -OCH3 is 1. The number of ether oxygens (including phenoxy) is 1. The molecular formula is C19H22N6O5S. The van der Waals surface area contributed by atoms with E-state index in [4.69, 9.17) is 17.0 Å². The third-order valence-corrected chi connectivity index (χ3v) is 5.47. The van der Waals surface area contributed by atoms with Gasteiger partial charge in [0, 0.05) is 44.0 Å². The molecular weight excluding hydrogens is 424 g/mol. The Balaban J connectivity index is 1.70. The van der Waals surface area contributed by atoms with Crippen molar-refractivity contribution in [3.63, 3.8) is 0 Å². The van der Waals surface area contributed by atoms with Crippen LogP contribution in [0.25, 0.3) is 0 Å². The number of piperazine rings is 1. The number of aromatic nitrogens is 1. The van der Waals surface area contributed by atoms with Gasteiger partial charge in [0.05, 0.1) is 28.7 Å². The van der Waals surface area contributed by atoms with Gasteiger partial charge in [-0.3, -0.25) is 20.2 Å². The fourth-order valence-corrected chi connectivity index (χ4v) is 3.56. The summed E-state index contributed by atoms with van der Waals surface area (Å²) in [6.45, 7) is 5.95. The van der Waals surface area contributed by atoms with E-state index in [1.54, 1.807) is 7.11 Å². The van der Waals surface area contributed by atoms with Crippen molar-refractivity contribution in [2.45, 2.75) is 13.8 Å². The van der Waals surface area contributed by atoms with Gasteiger partial charge in [-0.25, -0.2) is 4.98 Å². The standard InChI is InChI=1S/C19H22N6O5S/c1-12-8-17(18(30-3)20-13(12)2)21-19(31)23-6-4-22(5-7-23)14-9-15(24(26)27)11-16(10-14)25(28)29/h8-11H,4-7H2,1-3H3,(H,21,31). The molecule has 0 saturated carbocycles. The Bertz CT molecular complexity index is 1010. The highest BCUT2D eigenvalue weighted by atomic mass is 32.1. The Hall–Kier alpha value is -3.54. The van der Waals surface area contributed by atoms with Gasteiger partial charge in [-0.05, 0) is 37.7 Å². The molecule has 0 amide bonds. The van der Waals surface area contributed by atoms with Gasteiger partial charge in [0.25, 0.3) is 11.4 Å². The van der Waals surface area contributed by atoms with Crippen LogP contribution in [0.3, 0.4) is 0 Å². The maximum atomic E-state index is 11.1. The molecule has 1 aliphatic rings. The molecule has 164 valence electrons. The zero-order valence-electron chi connectivity index (χ0n) is 17.3. The van der Waals surface area contributed by atoms with Crippen LogP contribution in [-0.2, 0) is 0 Å². The number of hydrogen-bond donors (Lipinski definition) is 1. The van der Waals surface area contributed by atoms with E-state index in [0.29, 0.717) is 48.5 Å². The summed E-state index contributed by atoms with van der Waals surface area (Å²) in [7, 11) is 1.54. The minimum absolute atomic E-state index is 0.307. The Morgan fingerprint density at radius 2 is 1.65 bits per heavy atom. The van der Waals surface area contributed by atoms with Gasteiger partial charge < -0.3 is 19.9 Å². The Morgan fingerprint density at radius 1 is 1.06 bits per heavy atom. The molecule has 11 nitrogen and oxygen atoms in total. The number of thiocarbonyl (C=S) groups is 1. The number of aryl methyl sites for hydroxylation is 2. The molecule has 2 heterocycles. The minimum Gasteiger partial charge on any atom is -0.480 e. The van der Waals surface area contributed by atoms with Gasteiger partial charge >= 0.3 is 0 Å². The summed E-state index contributed by atoms with van der Waals surface area (Å²) in [5, 5.41) is 26.0. The smallest absolute Gasteiger partial charge is 0.278 e. The van der Waals surface area contributed by atoms with Crippen molar-refractivity contribution in [1.82, 2.24) is 9.88 Å². The van der Waals surface area contributed by atoms with Crippen molar-refractivity contribution in [2.75, 3.05) is 43.5 Å². The van der Waals surface area contributed by atoms with E-state index in [1.165, 1.54) is 12.1 Å². The highest BCUT2D eigenvalue weighted by molar-refractivity contribution is 7.80. The average molecular weight is 446 g/mol. The Labute approximate surface area is 183 Å². The first-order valence-electron chi connectivity index (χ1n) is 9.46. The van der Waals surface area contributed by atoms with Crippen LogP contribution in [0.15, 0.2) is 24.3 Å². The molecule has 0 unspecified atom stereocenters. The first-order chi connectivity index (χ1) is 14.7. The van der Waals surface area contributed by atoms with Crippen LogP contribution in [0.5, 0.6) is 5.88 Å². The van der Waals surface area contributed by atoms with E-state index < -0.39 is 9.85 Å². The van der Waals surface area contributed by atoms with E-state index in [2.05, 4.69) is 10.3 Å². The zero-order chi connectivity index (χ0) is 22.7. The molecule has 1 aliphatic heterocycles. The number of anilines is 2. The molecule has 0 spiro atoms. The lowest BCUT2D eigenvalue weighted by Gasteiger charge is -2.37. The van der Waals surface area contributed by atoms with Gasteiger partial charge in [0.2, 0.25) is 5.88 Å². The average Bonchev–Trinajstić information content (AvgIpc) is 2.75. The number of nitro groups is 2. The lowest BCUT2D eigenvalue weighted by molar-refractivity contribution is -0.394. The fourth-order valence-electron chi connectivity index (χ4n) is 3.26. The summed E-state index contributed by atoms with van der Waals surface area (Å²) in [5.41, 5.74) is 2.37. The first-order valence-corrected chi connectivity index (χ1v) is 9.87. The SMILES string of the molecule is COc1nc(C)c(C)cc1NC(=S)N1CCN(c2cc([N+](=O)[O-])cc([N+](=O)[O-])c2)CC1. The van der Waals surface area contributed by atoms with Crippen LogP contribution < -0.4 is 15.0 Å². The number of benzene rings is 1. The highest BCUT2D eigenvalue weighted by Gasteiger charge is 2.24. The summed E-state index contributed by atoms with van der Waals surface area (Å²) < 4.78 is 5.34. The summed E-state index contributed by atoms with van der Waals surface area (Å²) in [4.78, 5) is 29.3. The Morgan fingerprint density at radius 3 is 2.16 bits per heavy atom. The van der Waals surface area contributed by atoms with E-state index in [-0.39, 0.29) is 11.4 Å². The third-order valence-electron chi connectivity index (χ3n) is 5.11. The summed E-state index contributed by atoms with van der Waals surface area (Å²) in [5.74, 6) is 0.452. The molecule has 0 aliphatic carbocycles. The molecule has 0 atom stereocenters. The lowest BCUT2D eigenvalue weighted by Crippen LogP contribution is -2.50. The normalized spacial score (nSPS) is 13.6. The van der Waals surface area contributed by atoms with Crippen LogP contribution in [0.4, 0.5) is 22.7 Å². The van der Waals surface area contributed by atoms with Crippen LogP contribution in [-0.4, -0.2) is 58.1 Å². The van der Waals surface area contributed by atoms with E-state index >= 15 is 0 Å². The number of rotatable bonds is 5. The van der Waals surface area contributed by atoms with Crippen LogP contribution in [0.1, 0.15) is 11.3 Å². The molecule has 1 aromatic carbocycles. The predicted octanol–water partition coefficient (Wildman–Crippen LogP) is 3.04. The zero-order valence-corrected chi connectivity index (χ0v) is 18.1. The number of non-ortho nitro benzene ring substituents is 2. The molecule has 1 N–H and O–H groups in total. The summed E-state index contributed by atoms with van der Waals surface area (Å²) >= 11 is 5.54. The largest absolute Gasteiger partial charge is 0.480 e. The molecule has 12 heteroatoms.